The van der Waals surface area contributed by atoms with E-state index in [9.17, 15) is 0 Å². The molecule has 0 bridgehead atoms. The number of hydrogen-bond donors (Lipinski definition) is 1. The minimum Gasteiger partial charge on any atom is -0.353 e. The highest BCUT2D eigenvalue weighted by molar-refractivity contribution is 5.41. The van der Waals surface area contributed by atoms with Crippen molar-refractivity contribution in [1.82, 2.24) is 9.55 Å². The van der Waals surface area contributed by atoms with Gasteiger partial charge < -0.3 is 5.32 Å². The molecule has 1 aromatic carbocycles. The summed E-state index contributed by atoms with van der Waals surface area (Å²) in [5.41, 5.74) is 1.13. The van der Waals surface area contributed by atoms with Crippen molar-refractivity contribution in [2.24, 2.45) is 5.92 Å². The van der Waals surface area contributed by atoms with Crippen LogP contribution in [0.15, 0.2) is 42.7 Å². The van der Waals surface area contributed by atoms with E-state index in [1.807, 2.05) is 30.6 Å². The number of benzene rings is 1. The maximum absolute atomic E-state index is 4.37. The standard InChI is InChI=1S/C14H19N3/c1-11(2)12(3)16-14-15-9-10-17(14)13-7-5-4-6-8-13/h4-12H,1-3H3,(H,15,16). The predicted molar refractivity (Wildman–Crippen MR) is 71.5 cm³/mol. The molecule has 2 rings (SSSR count). The molecule has 0 saturated heterocycles. The van der Waals surface area contributed by atoms with E-state index in [1.165, 1.54) is 0 Å². The van der Waals surface area contributed by atoms with E-state index in [0.29, 0.717) is 12.0 Å². The van der Waals surface area contributed by atoms with Gasteiger partial charge in [0, 0.05) is 24.1 Å². The zero-order chi connectivity index (χ0) is 12.3. The van der Waals surface area contributed by atoms with E-state index in [-0.39, 0.29) is 0 Å². The minimum absolute atomic E-state index is 0.403. The predicted octanol–water partition coefficient (Wildman–Crippen LogP) is 3.33. The maximum atomic E-state index is 4.37. The van der Waals surface area contributed by atoms with Crippen LogP contribution in [0.1, 0.15) is 20.8 Å². The Morgan fingerprint density at radius 2 is 1.82 bits per heavy atom. The van der Waals surface area contributed by atoms with Gasteiger partial charge in [0.2, 0.25) is 5.95 Å². The summed E-state index contributed by atoms with van der Waals surface area (Å²) in [6, 6.07) is 10.6. The van der Waals surface area contributed by atoms with Crippen molar-refractivity contribution in [3.8, 4) is 5.69 Å². The van der Waals surface area contributed by atoms with Crippen molar-refractivity contribution >= 4 is 5.95 Å². The van der Waals surface area contributed by atoms with Gasteiger partial charge in [-0.15, -0.1) is 0 Å². The molecule has 2 aromatic rings. The summed E-state index contributed by atoms with van der Waals surface area (Å²) in [5, 5.41) is 3.44. The van der Waals surface area contributed by atoms with Gasteiger partial charge in [-0.1, -0.05) is 32.0 Å². The van der Waals surface area contributed by atoms with Gasteiger partial charge in [-0.25, -0.2) is 4.98 Å². The molecule has 17 heavy (non-hydrogen) atoms. The summed E-state index contributed by atoms with van der Waals surface area (Å²) in [6.07, 6.45) is 3.80. The van der Waals surface area contributed by atoms with Gasteiger partial charge >= 0.3 is 0 Å². The van der Waals surface area contributed by atoms with Gasteiger partial charge in [0.05, 0.1) is 0 Å². The molecule has 0 saturated carbocycles. The lowest BCUT2D eigenvalue weighted by molar-refractivity contribution is 0.555. The van der Waals surface area contributed by atoms with Crippen molar-refractivity contribution in [2.75, 3.05) is 5.32 Å². The average molecular weight is 229 g/mol. The monoisotopic (exact) mass is 229 g/mol. The van der Waals surface area contributed by atoms with Gasteiger partial charge in [-0.05, 0) is 25.0 Å². The van der Waals surface area contributed by atoms with Crippen molar-refractivity contribution in [3.05, 3.63) is 42.7 Å². The first-order valence-electron chi connectivity index (χ1n) is 6.04. The maximum Gasteiger partial charge on any atom is 0.207 e. The molecule has 3 nitrogen and oxygen atoms in total. The molecule has 1 N–H and O–H groups in total. The van der Waals surface area contributed by atoms with E-state index in [4.69, 9.17) is 0 Å². The average Bonchev–Trinajstić information content (AvgIpc) is 2.78. The largest absolute Gasteiger partial charge is 0.353 e. The second-order valence-electron chi connectivity index (χ2n) is 4.63. The molecule has 1 aromatic heterocycles. The molecule has 0 radical (unpaired) electrons. The fourth-order valence-corrected chi connectivity index (χ4v) is 1.58. The number of hydrogen-bond acceptors (Lipinski definition) is 2. The van der Waals surface area contributed by atoms with Crippen LogP contribution in [0.3, 0.4) is 0 Å². The third-order valence-corrected chi connectivity index (χ3v) is 3.03. The van der Waals surface area contributed by atoms with Crippen molar-refractivity contribution in [2.45, 2.75) is 26.8 Å². The number of rotatable bonds is 4. The van der Waals surface area contributed by atoms with Gasteiger partial charge in [0.15, 0.2) is 0 Å². The first-order chi connectivity index (χ1) is 8.18. The zero-order valence-corrected chi connectivity index (χ0v) is 10.6. The van der Waals surface area contributed by atoms with Gasteiger partial charge in [0.1, 0.15) is 0 Å². The molecule has 3 heteroatoms. The van der Waals surface area contributed by atoms with Gasteiger partial charge in [-0.3, -0.25) is 4.57 Å². The zero-order valence-electron chi connectivity index (χ0n) is 10.6. The summed E-state index contributed by atoms with van der Waals surface area (Å²) < 4.78 is 2.07. The lowest BCUT2D eigenvalue weighted by Crippen LogP contribution is -2.23. The summed E-state index contributed by atoms with van der Waals surface area (Å²) >= 11 is 0. The molecule has 0 amide bonds. The topological polar surface area (TPSA) is 29.9 Å². The first-order valence-corrected chi connectivity index (χ1v) is 6.04. The Morgan fingerprint density at radius 3 is 2.47 bits per heavy atom. The Kier molecular flexibility index (Phi) is 3.47. The molecular formula is C14H19N3. The number of aromatic nitrogens is 2. The van der Waals surface area contributed by atoms with E-state index in [1.54, 1.807) is 0 Å². The quantitative estimate of drug-likeness (QED) is 0.871. The van der Waals surface area contributed by atoms with Crippen LogP contribution in [0, 0.1) is 5.92 Å². The Labute approximate surface area is 103 Å². The van der Waals surface area contributed by atoms with Crippen LogP contribution in [0.25, 0.3) is 5.69 Å². The van der Waals surface area contributed by atoms with Crippen LogP contribution in [0.2, 0.25) is 0 Å². The molecule has 90 valence electrons. The number of imidazole rings is 1. The molecule has 0 fully saturated rings. The minimum atomic E-state index is 0.403. The molecule has 0 aliphatic rings. The summed E-state index contributed by atoms with van der Waals surface area (Å²) in [4.78, 5) is 4.37. The summed E-state index contributed by atoms with van der Waals surface area (Å²) in [6.45, 7) is 6.58. The Hall–Kier alpha value is -1.77. The third-order valence-electron chi connectivity index (χ3n) is 3.03. The Bertz CT molecular complexity index is 459. The lowest BCUT2D eigenvalue weighted by atomic mass is 10.1. The van der Waals surface area contributed by atoms with E-state index in [2.05, 4.69) is 47.8 Å². The third kappa shape index (κ3) is 2.67. The van der Waals surface area contributed by atoms with Crippen LogP contribution in [-0.4, -0.2) is 15.6 Å². The fourth-order valence-electron chi connectivity index (χ4n) is 1.58. The highest BCUT2D eigenvalue weighted by Gasteiger charge is 2.10. The summed E-state index contributed by atoms with van der Waals surface area (Å²) in [7, 11) is 0. The smallest absolute Gasteiger partial charge is 0.207 e. The van der Waals surface area contributed by atoms with Crippen molar-refractivity contribution in [1.29, 1.82) is 0 Å². The molecule has 0 aliphatic heterocycles. The van der Waals surface area contributed by atoms with Gasteiger partial charge in [0.25, 0.3) is 0 Å². The second-order valence-corrected chi connectivity index (χ2v) is 4.63. The van der Waals surface area contributed by atoms with E-state index in [0.717, 1.165) is 11.6 Å². The molecule has 1 atom stereocenters. The van der Waals surface area contributed by atoms with Crippen LogP contribution >= 0.6 is 0 Å². The molecule has 0 spiro atoms. The molecule has 1 heterocycles. The van der Waals surface area contributed by atoms with Crippen molar-refractivity contribution < 1.29 is 0 Å². The van der Waals surface area contributed by atoms with Crippen LogP contribution < -0.4 is 5.32 Å². The summed E-state index contributed by atoms with van der Waals surface area (Å²) in [5.74, 6) is 1.48. The molecular weight excluding hydrogens is 210 g/mol. The fraction of sp³-hybridized carbons (Fsp3) is 0.357. The molecule has 0 aliphatic carbocycles. The molecule has 1 unspecified atom stereocenters. The van der Waals surface area contributed by atoms with Crippen molar-refractivity contribution in [3.63, 3.8) is 0 Å². The van der Waals surface area contributed by atoms with Gasteiger partial charge in [-0.2, -0.15) is 0 Å². The number of para-hydroxylation sites is 1. The lowest BCUT2D eigenvalue weighted by Gasteiger charge is -2.19. The SMILES string of the molecule is CC(C)C(C)Nc1nccn1-c1ccccc1. The van der Waals surface area contributed by atoms with Crippen LogP contribution in [0.5, 0.6) is 0 Å². The van der Waals surface area contributed by atoms with Crippen LogP contribution in [-0.2, 0) is 0 Å². The normalized spacial score (nSPS) is 12.7. The second kappa shape index (κ2) is 5.04. The van der Waals surface area contributed by atoms with E-state index >= 15 is 0 Å². The first kappa shape index (κ1) is 11.7. The number of nitrogens with zero attached hydrogens (tertiary/aromatic N) is 2. The van der Waals surface area contributed by atoms with E-state index < -0.39 is 0 Å². The highest BCUT2D eigenvalue weighted by Crippen LogP contribution is 2.16. The number of nitrogens with one attached hydrogen (secondary N) is 1. The number of anilines is 1. The highest BCUT2D eigenvalue weighted by atomic mass is 15.2. The van der Waals surface area contributed by atoms with Crippen LogP contribution in [0.4, 0.5) is 5.95 Å². The Morgan fingerprint density at radius 1 is 1.12 bits per heavy atom. The Balaban J connectivity index is 2.23.